The van der Waals surface area contributed by atoms with Gasteiger partial charge in [-0.1, -0.05) is 20.4 Å². The monoisotopic (exact) mass is 184 g/mol. The number of amides is 1. The molecule has 0 rings (SSSR count). The van der Waals surface area contributed by atoms with Gasteiger partial charge in [0.15, 0.2) is 0 Å². The summed E-state index contributed by atoms with van der Waals surface area (Å²) in [5.74, 6) is -0.0213. The summed E-state index contributed by atoms with van der Waals surface area (Å²) in [5, 5.41) is 2.82. The van der Waals surface area contributed by atoms with E-state index in [1.807, 2.05) is 14.0 Å². The average molecular weight is 184 g/mol. The Morgan fingerprint density at radius 3 is 2.54 bits per heavy atom. The van der Waals surface area contributed by atoms with Crippen LogP contribution in [-0.4, -0.2) is 37.5 Å². The highest BCUT2D eigenvalue weighted by atomic mass is 16.1. The lowest BCUT2D eigenvalue weighted by Gasteiger charge is -2.14. The molecule has 0 fully saturated rings. The van der Waals surface area contributed by atoms with Gasteiger partial charge in [-0.25, -0.2) is 0 Å². The molecule has 0 aromatic heterocycles. The number of nitrogens with one attached hydrogen (secondary N) is 1. The third kappa shape index (κ3) is 5.42. The predicted octanol–water partition coefficient (Wildman–Crippen LogP) is 1.02. The lowest BCUT2D eigenvalue weighted by Crippen LogP contribution is -2.33. The Hall–Kier alpha value is -0.830. The zero-order valence-electron chi connectivity index (χ0n) is 8.89. The molecule has 0 aliphatic rings. The van der Waals surface area contributed by atoms with Crippen LogP contribution in [0.5, 0.6) is 0 Å². The Morgan fingerprint density at radius 2 is 2.08 bits per heavy atom. The molecule has 1 N–H and O–H groups in total. The van der Waals surface area contributed by atoms with E-state index in [0.717, 1.165) is 19.5 Å². The summed E-state index contributed by atoms with van der Waals surface area (Å²) in [6.07, 6.45) is 0.718. The summed E-state index contributed by atoms with van der Waals surface area (Å²) in [6.45, 7) is 10.3. The molecule has 76 valence electrons. The predicted molar refractivity (Wildman–Crippen MR) is 55.6 cm³/mol. The Kier molecular flexibility index (Phi) is 6.24. The largest absolute Gasteiger partial charge is 0.351 e. The van der Waals surface area contributed by atoms with Gasteiger partial charge in [-0.2, -0.15) is 0 Å². The molecule has 0 aromatic carbocycles. The van der Waals surface area contributed by atoms with Crippen molar-refractivity contribution in [2.45, 2.75) is 20.3 Å². The van der Waals surface area contributed by atoms with Gasteiger partial charge in [-0.05, 0) is 20.0 Å². The molecule has 1 amide bonds. The first-order valence-corrected chi connectivity index (χ1v) is 4.76. The fourth-order valence-corrected chi connectivity index (χ4v) is 0.804. The van der Waals surface area contributed by atoms with E-state index in [9.17, 15) is 4.79 Å². The zero-order chi connectivity index (χ0) is 10.3. The molecule has 0 aliphatic heterocycles. The standard InChI is InChI=1S/C10H20N2O/c1-5-9(3)10(13)11-7-8-12(4)6-2/h3,5-8H2,1-2,4H3,(H,11,13). The van der Waals surface area contributed by atoms with Gasteiger partial charge in [-0.15, -0.1) is 0 Å². The molecule has 0 bridgehead atoms. The number of carbonyl (C=O) groups is 1. The highest BCUT2D eigenvalue weighted by Crippen LogP contribution is 1.94. The topological polar surface area (TPSA) is 32.3 Å². The number of nitrogens with zero attached hydrogens (tertiary/aromatic N) is 1. The molecular formula is C10H20N2O. The van der Waals surface area contributed by atoms with E-state index in [2.05, 4.69) is 23.7 Å². The number of hydrogen-bond acceptors (Lipinski definition) is 2. The lowest BCUT2D eigenvalue weighted by atomic mass is 10.2. The Balaban J connectivity index is 3.53. The average Bonchev–Trinajstić information content (AvgIpc) is 2.15. The maximum Gasteiger partial charge on any atom is 0.246 e. The van der Waals surface area contributed by atoms with Crippen molar-refractivity contribution < 1.29 is 4.79 Å². The summed E-state index contributed by atoms with van der Waals surface area (Å²) >= 11 is 0. The molecular weight excluding hydrogens is 164 g/mol. The van der Waals surface area contributed by atoms with Gasteiger partial charge < -0.3 is 10.2 Å². The molecule has 0 unspecified atom stereocenters. The van der Waals surface area contributed by atoms with Crippen LogP contribution in [0.3, 0.4) is 0 Å². The van der Waals surface area contributed by atoms with Crippen LogP contribution in [-0.2, 0) is 4.79 Å². The maximum atomic E-state index is 11.2. The molecule has 3 nitrogen and oxygen atoms in total. The summed E-state index contributed by atoms with van der Waals surface area (Å²) in [4.78, 5) is 13.4. The summed E-state index contributed by atoms with van der Waals surface area (Å²) < 4.78 is 0. The number of hydrogen-bond donors (Lipinski definition) is 1. The molecule has 0 spiro atoms. The molecule has 0 aromatic rings. The van der Waals surface area contributed by atoms with Crippen molar-refractivity contribution in [3.8, 4) is 0 Å². The van der Waals surface area contributed by atoms with Crippen LogP contribution in [0.2, 0.25) is 0 Å². The molecule has 0 heterocycles. The third-order valence-electron chi connectivity index (χ3n) is 2.07. The molecule has 3 heteroatoms. The summed E-state index contributed by atoms with van der Waals surface area (Å²) in [5.41, 5.74) is 0.652. The molecule has 0 saturated heterocycles. The Bertz CT molecular complexity index is 178. The van der Waals surface area contributed by atoms with Gasteiger partial charge in [0.25, 0.3) is 0 Å². The zero-order valence-corrected chi connectivity index (χ0v) is 8.89. The Labute approximate surface area is 80.8 Å². The van der Waals surface area contributed by atoms with Crippen molar-refractivity contribution >= 4 is 5.91 Å². The van der Waals surface area contributed by atoms with E-state index in [4.69, 9.17) is 0 Å². The third-order valence-corrected chi connectivity index (χ3v) is 2.07. The van der Waals surface area contributed by atoms with E-state index < -0.39 is 0 Å². The molecule has 0 radical (unpaired) electrons. The maximum absolute atomic E-state index is 11.2. The minimum absolute atomic E-state index is 0.0213. The summed E-state index contributed by atoms with van der Waals surface area (Å²) in [6, 6.07) is 0. The minimum Gasteiger partial charge on any atom is -0.351 e. The molecule has 0 atom stereocenters. The van der Waals surface area contributed by atoms with Gasteiger partial charge in [0.05, 0.1) is 0 Å². The van der Waals surface area contributed by atoms with Gasteiger partial charge in [0, 0.05) is 18.7 Å². The van der Waals surface area contributed by atoms with E-state index in [-0.39, 0.29) is 5.91 Å². The van der Waals surface area contributed by atoms with Crippen LogP contribution in [0.15, 0.2) is 12.2 Å². The lowest BCUT2D eigenvalue weighted by molar-refractivity contribution is -0.117. The quantitative estimate of drug-likeness (QED) is 0.625. The van der Waals surface area contributed by atoms with Crippen LogP contribution in [0, 0.1) is 0 Å². The van der Waals surface area contributed by atoms with Crippen molar-refractivity contribution in [2.24, 2.45) is 0 Å². The first-order chi connectivity index (χ1) is 6.11. The first kappa shape index (κ1) is 12.2. The SMILES string of the molecule is C=C(CC)C(=O)NCCN(C)CC. The van der Waals surface area contributed by atoms with E-state index in [1.165, 1.54) is 0 Å². The fraction of sp³-hybridized carbons (Fsp3) is 0.700. The molecule has 13 heavy (non-hydrogen) atoms. The Morgan fingerprint density at radius 1 is 1.46 bits per heavy atom. The van der Waals surface area contributed by atoms with Crippen molar-refractivity contribution in [1.29, 1.82) is 0 Å². The first-order valence-electron chi connectivity index (χ1n) is 4.76. The fourth-order valence-electron chi connectivity index (χ4n) is 0.804. The second kappa shape index (κ2) is 6.66. The normalized spacial score (nSPS) is 10.2. The van der Waals surface area contributed by atoms with Crippen LogP contribution in [0.1, 0.15) is 20.3 Å². The number of likely N-dealkylation sites (N-methyl/N-ethyl adjacent to an activating group) is 1. The summed E-state index contributed by atoms with van der Waals surface area (Å²) in [7, 11) is 2.03. The van der Waals surface area contributed by atoms with E-state index >= 15 is 0 Å². The number of carbonyl (C=O) groups excluding carboxylic acids is 1. The van der Waals surface area contributed by atoms with Crippen molar-refractivity contribution in [3.05, 3.63) is 12.2 Å². The highest BCUT2D eigenvalue weighted by molar-refractivity contribution is 5.92. The van der Waals surface area contributed by atoms with Crippen LogP contribution >= 0.6 is 0 Å². The second-order valence-corrected chi connectivity index (χ2v) is 3.11. The van der Waals surface area contributed by atoms with Gasteiger partial charge in [-0.3, -0.25) is 4.79 Å². The van der Waals surface area contributed by atoms with Crippen molar-refractivity contribution in [3.63, 3.8) is 0 Å². The minimum atomic E-state index is -0.0213. The van der Waals surface area contributed by atoms with E-state index in [0.29, 0.717) is 12.1 Å². The highest BCUT2D eigenvalue weighted by Gasteiger charge is 2.03. The molecule has 0 saturated carbocycles. The molecule has 0 aliphatic carbocycles. The van der Waals surface area contributed by atoms with Crippen molar-refractivity contribution in [1.82, 2.24) is 10.2 Å². The van der Waals surface area contributed by atoms with Crippen LogP contribution in [0.25, 0.3) is 0 Å². The smallest absolute Gasteiger partial charge is 0.246 e. The van der Waals surface area contributed by atoms with Gasteiger partial charge in [0.2, 0.25) is 5.91 Å². The number of rotatable bonds is 6. The van der Waals surface area contributed by atoms with E-state index in [1.54, 1.807) is 0 Å². The van der Waals surface area contributed by atoms with Crippen LogP contribution < -0.4 is 5.32 Å². The second-order valence-electron chi connectivity index (χ2n) is 3.11. The van der Waals surface area contributed by atoms with Gasteiger partial charge in [0.1, 0.15) is 0 Å². The van der Waals surface area contributed by atoms with Crippen molar-refractivity contribution in [2.75, 3.05) is 26.7 Å². The van der Waals surface area contributed by atoms with Gasteiger partial charge >= 0.3 is 0 Å². The van der Waals surface area contributed by atoms with Crippen LogP contribution in [0.4, 0.5) is 0 Å².